The molecule has 0 radical (unpaired) electrons. The highest BCUT2D eigenvalue weighted by Gasteiger charge is 2.34. The summed E-state index contributed by atoms with van der Waals surface area (Å²) in [6.45, 7) is 6.56. The fourth-order valence-electron chi connectivity index (χ4n) is 5.08. The molecule has 2 aromatic heterocycles. The first-order chi connectivity index (χ1) is 14.9. The van der Waals surface area contributed by atoms with Gasteiger partial charge in [0.15, 0.2) is 6.04 Å². The number of hydrogen-bond donors (Lipinski definition) is 4. The summed E-state index contributed by atoms with van der Waals surface area (Å²) in [6.07, 6.45) is 0.865. The minimum absolute atomic E-state index is 0.187. The summed E-state index contributed by atoms with van der Waals surface area (Å²) in [5.74, 6) is -0.309. The van der Waals surface area contributed by atoms with Crippen LogP contribution in [0.2, 0.25) is 0 Å². The monoisotopic (exact) mass is 417 g/mol. The third kappa shape index (κ3) is 2.92. The molecule has 0 fully saturated rings. The normalized spacial score (nSPS) is 15.9. The van der Waals surface area contributed by atoms with E-state index in [-0.39, 0.29) is 11.4 Å². The highest BCUT2D eigenvalue weighted by molar-refractivity contribution is 5.85. The molecular weight excluding hydrogens is 392 g/mol. The number of nitrogens with zero attached hydrogens (tertiary/aromatic N) is 1. The van der Waals surface area contributed by atoms with Crippen molar-refractivity contribution in [2.24, 2.45) is 0 Å². The summed E-state index contributed by atoms with van der Waals surface area (Å²) in [5, 5.41) is 14.4. The number of fused-ring (bicyclic) bond motifs is 3. The molecule has 0 bridgehead atoms. The third-order valence-corrected chi connectivity index (χ3v) is 6.25. The predicted molar refractivity (Wildman–Crippen MR) is 119 cm³/mol. The van der Waals surface area contributed by atoms with Crippen molar-refractivity contribution in [3.05, 3.63) is 90.7 Å². The van der Waals surface area contributed by atoms with Crippen LogP contribution >= 0.6 is 0 Å². The Morgan fingerprint density at radius 3 is 2.52 bits per heavy atom. The van der Waals surface area contributed by atoms with Crippen LogP contribution in [0.4, 0.5) is 0 Å². The van der Waals surface area contributed by atoms with E-state index in [9.17, 15) is 14.7 Å². The summed E-state index contributed by atoms with van der Waals surface area (Å²) < 4.78 is 1.23. The van der Waals surface area contributed by atoms with Gasteiger partial charge in [0.25, 0.3) is 5.56 Å². The van der Waals surface area contributed by atoms with E-state index >= 15 is 0 Å². The quantitative estimate of drug-likeness (QED) is 0.400. The Labute approximate surface area is 178 Å². The van der Waals surface area contributed by atoms with Crippen molar-refractivity contribution in [3.8, 4) is 11.6 Å². The van der Waals surface area contributed by atoms with E-state index in [1.54, 1.807) is 0 Å². The van der Waals surface area contributed by atoms with Crippen molar-refractivity contribution >= 4 is 10.9 Å². The Bertz CT molecular complexity index is 1440. The molecule has 0 aliphatic carbocycles. The van der Waals surface area contributed by atoms with Gasteiger partial charge >= 0.3 is 5.69 Å². The number of para-hydroxylation sites is 1. The molecule has 1 aliphatic heterocycles. The van der Waals surface area contributed by atoms with Crippen LogP contribution in [0.5, 0.6) is 5.88 Å². The zero-order valence-electron chi connectivity index (χ0n) is 17.7. The van der Waals surface area contributed by atoms with Crippen LogP contribution in [0.15, 0.2) is 46.0 Å². The first-order valence-corrected chi connectivity index (χ1v) is 10.5. The Hall–Kier alpha value is -3.58. The Morgan fingerprint density at radius 2 is 1.77 bits per heavy atom. The highest BCUT2D eigenvalue weighted by atomic mass is 16.3. The number of nitrogens with one attached hydrogen (secondary N) is 2. The van der Waals surface area contributed by atoms with Gasteiger partial charge in [-0.3, -0.25) is 9.78 Å². The van der Waals surface area contributed by atoms with Crippen LogP contribution in [0, 0.1) is 20.8 Å². The number of quaternary nitrogens is 1. The van der Waals surface area contributed by atoms with Crippen LogP contribution in [0.25, 0.3) is 16.6 Å². The standard InChI is InChI=1S/C24H24N4O3/c1-12-10-13(2)21(14(3)11-12)28-23(30)18(22(29)27-24(28)31)20-19-16(8-9-25-20)15-6-4-5-7-17(15)26-19/h4-7,10-11,20,25-26,30H,8-9H2,1-3H3,(H,27,29,31)/p+1/t20-/m1/s1. The molecule has 31 heavy (non-hydrogen) atoms. The van der Waals surface area contributed by atoms with Crippen molar-refractivity contribution in [1.82, 2.24) is 14.5 Å². The second-order valence-corrected chi connectivity index (χ2v) is 8.39. The van der Waals surface area contributed by atoms with Gasteiger partial charge in [-0.05, 0) is 43.5 Å². The number of nitrogens with two attached hydrogens (primary N) is 1. The number of aromatic hydroxyl groups is 1. The van der Waals surface area contributed by atoms with Crippen LogP contribution in [-0.2, 0) is 6.42 Å². The van der Waals surface area contributed by atoms with Gasteiger partial charge in [0.1, 0.15) is 5.56 Å². The SMILES string of the molecule is Cc1cc(C)c(-n2c(O)c([C@H]3[NH2+]CCc4c3[nH]c3ccccc43)c(=O)[nH]c2=O)c(C)c1. The van der Waals surface area contributed by atoms with E-state index in [2.05, 4.69) is 16.0 Å². The van der Waals surface area contributed by atoms with Crippen molar-refractivity contribution < 1.29 is 10.4 Å². The molecule has 5 N–H and O–H groups in total. The number of hydrogen-bond acceptors (Lipinski definition) is 3. The lowest BCUT2D eigenvalue weighted by Crippen LogP contribution is -2.87. The maximum Gasteiger partial charge on any atom is 0.335 e. The summed E-state index contributed by atoms with van der Waals surface area (Å²) in [4.78, 5) is 31.6. The van der Waals surface area contributed by atoms with Crippen LogP contribution in [0.1, 0.15) is 39.6 Å². The number of rotatable bonds is 2. The minimum atomic E-state index is -0.644. The largest absolute Gasteiger partial charge is 0.494 e. The number of aromatic nitrogens is 3. The van der Waals surface area contributed by atoms with Crippen molar-refractivity contribution in [2.75, 3.05) is 6.54 Å². The molecule has 3 heterocycles. The van der Waals surface area contributed by atoms with Gasteiger partial charge in [0.05, 0.1) is 17.9 Å². The van der Waals surface area contributed by atoms with Crippen LogP contribution < -0.4 is 16.6 Å². The summed E-state index contributed by atoms with van der Waals surface area (Å²) >= 11 is 0. The molecule has 7 heteroatoms. The van der Waals surface area contributed by atoms with Gasteiger partial charge in [-0.1, -0.05) is 35.9 Å². The van der Waals surface area contributed by atoms with Crippen molar-refractivity contribution in [2.45, 2.75) is 33.2 Å². The average molecular weight is 417 g/mol. The number of H-pyrrole nitrogens is 2. The Kier molecular flexibility index (Phi) is 4.37. The van der Waals surface area contributed by atoms with E-state index in [1.165, 1.54) is 4.57 Å². The first-order valence-electron chi connectivity index (χ1n) is 10.5. The molecule has 7 nitrogen and oxygen atoms in total. The smallest absolute Gasteiger partial charge is 0.335 e. The molecule has 4 aromatic rings. The highest BCUT2D eigenvalue weighted by Crippen LogP contribution is 2.33. The number of aromatic amines is 2. The van der Waals surface area contributed by atoms with Crippen LogP contribution in [-0.4, -0.2) is 26.2 Å². The molecule has 2 aromatic carbocycles. The molecule has 1 aliphatic rings. The molecule has 0 unspecified atom stereocenters. The molecule has 5 rings (SSSR count). The fraction of sp³-hybridized carbons (Fsp3) is 0.250. The summed E-state index contributed by atoms with van der Waals surface area (Å²) in [5.41, 5.74) is 5.41. The first kappa shape index (κ1) is 19.4. The van der Waals surface area contributed by atoms with Gasteiger partial charge in [-0.15, -0.1) is 0 Å². The lowest BCUT2D eigenvalue weighted by molar-refractivity contribution is -0.690. The number of benzene rings is 2. The Balaban J connectivity index is 1.78. The second kappa shape index (κ2) is 6.99. The predicted octanol–water partition coefficient (Wildman–Crippen LogP) is 1.85. The van der Waals surface area contributed by atoms with Crippen molar-refractivity contribution in [1.29, 1.82) is 0 Å². The van der Waals surface area contributed by atoms with E-state index in [4.69, 9.17) is 0 Å². The summed E-state index contributed by atoms with van der Waals surface area (Å²) in [6, 6.07) is 11.5. The molecular formula is C24H25N4O3+. The molecule has 0 saturated carbocycles. The van der Waals surface area contributed by atoms with E-state index in [0.29, 0.717) is 5.69 Å². The lowest BCUT2D eigenvalue weighted by atomic mass is 9.95. The molecule has 0 spiro atoms. The number of aryl methyl sites for hydroxylation is 3. The topological polar surface area (TPSA) is 107 Å². The average Bonchev–Trinajstić information content (AvgIpc) is 3.09. The zero-order valence-corrected chi connectivity index (χ0v) is 17.7. The maximum atomic E-state index is 12.9. The summed E-state index contributed by atoms with van der Waals surface area (Å²) in [7, 11) is 0. The Morgan fingerprint density at radius 1 is 1.06 bits per heavy atom. The zero-order chi connectivity index (χ0) is 21.9. The van der Waals surface area contributed by atoms with E-state index < -0.39 is 17.3 Å². The fourth-order valence-corrected chi connectivity index (χ4v) is 5.08. The lowest BCUT2D eigenvalue weighted by Gasteiger charge is -2.23. The van der Waals surface area contributed by atoms with E-state index in [0.717, 1.165) is 51.8 Å². The van der Waals surface area contributed by atoms with Gasteiger partial charge in [0, 0.05) is 17.3 Å². The molecule has 158 valence electrons. The minimum Gasteiger partial charge on any atom is -0.494 e. The third-order valence-electron chi connectivity index (χ3n) is 6.25. The van der Waals surface area contributed by atoms with Crippen LogP contribution in [0.3, 0.4) is 0 Å². The maximum absolute atomic E-state index is 12.9. The van der Waals surface area contributed by atoms with E-state index in [1.807, 2.05) is 56.4 Å². The van der Waals surface area contributed by atoms with Gasteiger partial charge in [-0.25, -0.2) is 9.36 Å². The second-order valence-electron chi connectivity index (χ2n) is 8.39. The molecule has 0 saturated heterocycles. The van der Waals surface area contributed by atoms with Gasteiger partial charge in [0.2, 0.25) is 5.88 Å². The molecule has 0 amide bonds. The van der Waals surface area contributed by atoms with Gasteiger partial charge in [-0.2, -0.15) is 0 Å². The molecule has 1 atom stereocenters. The van der Waals surface area contributed by atoms with Crippen molar-refractivity contribution in [3.63, 3.8) is 0 Å². The van der Waals surface area contributed by atoms with Gasteiger partial charge < -0.3 is 15.4 Å².